The molecule has 0 aromatic heterocycles. The zero-order valence-electron chi connectivity index (χ0n) is 19.9. The van der Waals surface area contributed by atoms with Crippen LogP contribution in [0.25, 0.3) is 5.57 Å². The van der Waals surface area contributed by atoms with E-state index < -0.39 is 0 Å². The largest absolute Gasteiger partial charge is 0.494 e. The Morgan fingerprint density at radius 1 is 0.970 bits per heavy atom. The molecular formula is C27H33N3O3. The van der Waals surface area contributed by atoms with Crippen molar-refractivity contribution in [1.29, 1.82) is 0 Å². The van der Waals surface area contributed by atoms with Crippen molar-refractivity contribution in [3.05, 3.63) is 59.8 Å². The fraction of sp³-hybridized carbons (Fsp3) is 0.407. The van der Waals surface area contributed by atoms with Gasteiger partial charge in [-0.05, 0) is 81.5 Å². The molecular weight excluding hydrogens is 414 g/mol. The third-order valence-electron chi connectivity index (χ3n) is 6.37. The van der Waals surface area contributed by atoms with Crippen molar-refractivity contribution in [2.75, 3.05) is 29.9 Å². The highest BCUT2D eigenvalue weighted by Gasteiger charge is 2.40. The number of anilines is 2. The number of hydrogen-bond acceptors (Lipinski definition) is 5. The van der Waals surface area contributed by atoms with Crippen LogP contribution in [0.3, 0.4) is 0 Å². The number of ether oxygens (including phenoxy) is 1. The van der Waals surface area contributed by atoms with Crippen LogP contribution in [0.15, 0.2) is 54.2 Å². The lowest BCUT2D eigenvalue weighted by Gasteiger charge is -2.32. The quantitative estimate of drug-likeness (QED) is 0.611. The number of carbonyl (C=O) groups excluding carboxylic acids is 2. The summed E-state index contributed by atoms with van der Waals surface area (Å²) in [5.74, 6) is 0.940. The second-order valence-electron chi connectivity index (χ2n) is 9.12. The van der Waals surface area contributed by atoms with E-state index >= 15 is 0 Å². The normalized spacial score (nSPS) is 17.4. The molecule has 174 valence electrons. The Hall–Kier alpha value is -3.28. The highest BCUT2D eigenvalue weighted by atomic mass is 16.5. The van der Waals surface area contributed by atoms with Crippen LogP contribution in [-0.4, -0.2) is 42.5 Å². The smallest absolute Gasteiger partial charge is 0.278 e. The Kier molecular flexibility index (Phi) is 6.72. The molecule has 2 aromatic rings. The van der Waals surface area contributed by atoms with Crippen LogP contribution in [0.4, 0.5) is 11.4 Å². The Morgan fingerprint density at radius 2 is 1.61 bits per heavy atom. The fourth-order valence-electron chi connectivity index (χ4n) is 4.45. The van der Waals surface area contributed by atoms with Crippen LogP contribution in [0.5, 0.6) is 5.75 Å². The predicted molar refractivity (Wildman–Crippen MR) is 132 cm³/mol. The first-order valence-electron chi connectivity index (χ1n) is 11.9. The molecule has 6 heteroatoms. The molecule has 0 radical (unpaired) electrons. The Balaban J connectivity index is 1.62. The lowest BCUT2D eigenvalue weighted by Crippen LogP contribution is -2.38. The maximum Gasteiger partial charge on any atom is 0.278 e. The molecule has 0 unspecified atom stereocenters. The van der Waals surface area contributed by atoms with E-state index in [-0.39, 0.29) is 17.9 Å². The maximum atomic E-state index is 13.2. The van der Waals surface area contributed by atoms with Crippen molar-refractivity contribution >= 4 is 28.8 Å². The third-order valence-corrected chi connectivity index (χ3v) is 6.37. The molecule has 2 heterocycles. The average Bonchev–Trinajstić information content (AvgIpc) is 3.05. The van der Waals surface area contributed by atoms with Gasteiger partial charge in [-0.3, -0.25) is 14.5 Å². The molecule has 0 bridgehead atoms. The molecule has 4 rings (SSSR count). The molecule has 0 aliphatic carbocycles. The Bertz CT molecular complexity index is 1030. The van der Waals surface area contributed by atoms with E-state index in [1.54, 1.807) is 0 Å². The minimum Gasteiger partial charge on any atom is -0.494 e. The Morgan fingerprint density at radius 3 is 2.18 bits per heavy atom. The summed E-state index contributed by atoms with van der Waals surface area (Å²) in [7, 11) is 0. The third kappa shape index (κ3) is 4.75. The highest BCUT2D eigenvalue weighted by molar-refractivity contribution is 6.36. The molecule has 2 amide bonds. The zero-order chi connectivity index (χ0) is 23.5. The summed E-state index contributed by atoms with van der Waals surface area (Å²) in [5, 5.41) is 3.25. The van der Waals surface area contributed by atoms with E-state index in [1.807, 2.05) is 57.2 Å². The Labute approximate surface area is 196 Å². The van der Waals surface area contributed by atoms with Gasteiger partial charge in [-0.15, -0.1) is 0 Å². The first-order valence-corrected chi connectivity index (χ1v) is 11.9. The monoisotopic (exact) mass is 447 g/mol. The van der Waals surface area contributed by atoms with E-state index in [9.17, 15) is 9.59 Å². The van der Waals surface area contributed by atoms with Gasteiger partial charge < -0.3 is 15.0 Å². The van der Waals surface area contributed by atoms with Crippen LogP contribution in [-0.2, 0) is 9.59 Å². The number of hydrogen-bond donors (Lipinski definition) is 1. The van der Waals surface area contributed by atoms with Gasteiger partial charge in [-0.2, -0.15) is 0 Å². The van der Waals surface area contributed by atoms with Gasteiger partial charge in [0.25, 0.3) is 11.8 Å². The SMILES string of the molecule is CCOc1ccc(C2=C(Nc3ccc(N4CCC(C)CC4)cc3)C(=O)N(C(C)C)C2=O)cc1. The average molecular weight is 448 g/mol. The maximum absolute atomic E-state index is 13.2. The number of rotatable bonds is 7. The summed E-state index contributed by atoms with van der Waals surface area (Å²) in [6.45, 7) is 10.6. The predicted octanol–water partition coefficient (Wildman–Crippen LogP) is 4.92. The van der Waals surface area contributed by atoms with E-state index in [4.69, 9.17) is 4.74 Å². The van der Waals surface area contributed by atoms with Gasteiger partial charge in [0.2, 0.25) is 0 Å². The van der Waals surface area contributed by atoms with Gasteiger partial charge in [0.15, 0.2) is 0 Å². The van der Waals surface area contributed by atoms with Crippen LogP contribution in [0.2, 0.25) is 0 Å². The second-order valence-corrected chi connectivity index (χ2v) is 9.12. The molecule has 33 heavy (non-hydrogen) atoms. The molecule has 0 spiro atoms. The summed E-state index contributed by atoms with van der Waals surface area (Å²) in [6, 6.07) is 15.2. The van der Waals surface area contributed by atoms with Gasteiger partial charge >= 0.3 is 0 Å². The fourth-order valence-corrected chi connectivity index (χ4v) is 4.45. The number of nitrogens with zero attached hydrogens (tertiary/aromatic N) is 2. The molecule has 2 aliphatic heterocycles. The molecule has 0 saturated carbocycles. The van der Waals surface area contributed by atoms with E-state index in [0.717, 1.165) is 30.4 Å². The number of benzene rings is 2. The van der Waals surface area contributed by atoms with Crippen molar-refractivity contribution in [3.8, 4) is 5.75 Å². The van der Waals surface area contributed by atoms with Crippen molar-refractivity contribution in [3.63, 3.8) is 0 Å². The second kappa shape index (κ2) is 9.69. The summed E-state index contributed by atoms with van der Waals surface area (Å²) in [6.07, 6.45) is 2.42. The molecule has 6 nitrogen and oxygen atoms in total. The van der Waals surface area contributed by atoms with E-state index in [0.29, 0.717) is 23.4 Å². The molecule has 0 atom stereocenters. The zero-order valence-corrected chi connectivity index (χ0v) is 19.9. The highest BCUT2D eigenvalue weighted by Crippen LogP contribution is 2.33. The number of carbonyl (C=O) groups is 2. The van der Waals surface area contributed by atoms with Gasteiger partial charge in [0.05, 0.1) is 12.2 Å². The molecule has 2 aromatic carbocycles. The van der Waals surface area contributed by atoms with Crippen molar-refractivity contribution in [1.82, 2.24) is 4.90 Å². The minimum atomic E-state index is -0.298. The first-order chi connectivity index (χ1) is 15.9. The van der Waals surface area contributed by atoms with Crippen LogP contribution in [0.1, 0.15) is 46.1 Å². The van der Waals surface area contributed by atoms with Crippen molar-refractivity contribution in [2.24, 2.45) is 5.92 Å². The number of amides is 2. The van der Waals surface area contributed by atoms with Crippen LogP contribution < -0.4 is 15.0 Å². The number of piperidine rings is 1. The summed E-state index contributed by atoms with van der Waals surface area (Å²) in [5.41, 5.74) is 3.38. The standard InChI is InChI=1S/C27H33N3O3/c1-5-33-23-12-6-20(7-13-23)24-25(27(32)30(18(2)3)26(24)31)28-21-8-10-22(11-9-21)29-16-14-19(4)15-17-29/h6-13,18-19,28H,5,14-17H2,1-4H3. The van der Waals surface area contributed by atoms with Gasteiger partial charge in [-0.1, -0.05) is 19.1 Å². The first kappa shape index (κ1) is 22.9. The lowest BCUT2D eigenvalue weighted by atomic mass is 9.99. The minimum absolute atomic E-state index is 0.231. The van der Waals surface area contributed by atoms with E-state index in [1.165, 1.54) is 23.4 Å². The van der Waals surface area contributed by atoms with Gasteiger partial charge in [0, 0.05) is 30.5 Å². The summed E-state index contributed by atoms with van der Waals surface area (Å²) < 4.78 is 5.52. The van der Waals surface area contributed by atoms with E-state index in [2.05, 4.69) is 29.3 Å². The van der Waals surface area contributed by atoms with Crippen LogP contribution >= 0.6 is 0 Å². The topological polar surface area (TPSA) is 61.9 Å². The molecule has 1 N–H and O–H groups in total. The van der Waals surface area contributed by atoms with Crippen molar-refractivity contribution < 1.29 is 14.3 Å². The lowest BCUT2D eigenvalue weighted by molar-refractivity contribution is -0.138. The number of nitrogens with one attached hydrogen (secondary N) is 1. The molecule has 2 aliphatic rings. The van der Waals surface area contributed by atoms with Gasteiger partial charge in [-0.25, -0.2) is 0 Å². The molecule has 1 fully saturated rings. The van der Waals surface area contributed by atoms with Crippen molar-refractivity contribution in [2.45, 2.75) is 46.6 Å². The summed E-state index contributed by atoms with van der Waals surface area (Å²) >= 11 is 0. The molecule has 1 saturated heterocycles. The van der Waals surface area contributed by atoms with Gasteiger partial charge in [0.1, 0.15) is 11.4 Å². The summed E-state index contributed by atoms with van der Waals surface area (Å²) in [4.78, 5) is 30.2. The van der Waals surface area contributed by atoms with Crippen LogP contribution in [0, 0.1) is 5.92 Å². The number of imide groups is 1.